The molecule has 0 aliphatic heterocycles. The van der Waals surface area contributed by atoms with Crippen LogP contribution < -0.4 is 4.74 Å². The van der Waals surface area contributed by atoms with Gasteiger partial charge in [-0.1, -0.05) is 0 Å². The summed E-state index contributed by atoms with van der Waals surface area (Å²) >= 11 is 1.76. The van der Waals surface area contributed by atoms with Crippen LogP contribution in [0, 0.1) is 18.3 Å². The van der Waals surface area contributed by atoms with Crippen LogP contribution in [-0.2, 0) is 12.8 Å². The molecule has 0 saturated heterocycles. The van der Waals surface area contributed by atoms with Gasteiger partial charge in [-0.2, -0.15) is 5.26 Å². The number of thiophene rings is 1. The van der Waals surface area contributed by atoms with Gasteiger partial charge in [0, 0.05) is 4.88 Å². The molecule has 1 aliphatic rings. The molecule has 2 heterocycles. The molecule has 0 atom stereocenters. The van der Waals surface area contributed by atoms with Crippen molar-refractivity contribution in [2.75, 3.05) is 0 Å². The minimum atomic E-state index is 0.627. The average molecular weight is 321 g/mol. The lowest BCUT2D eigenvalue weighted by Gasteiger charge is -2.12. The first-order valence-corrected chi connectivity index (χ1v) is 8.52. The molecule has 4 rings (SSSR count). The van der Waals surface area contributed by atoms with Crippen molar-refractivity contribution < 1.29 is 4.74 Å². The number of nitriles is 1. The summed E-state index contributed by atoms with van der Waals surface area (Å²) in [6, 6.07) is 7.58. The fourth-order valence-electron chi connectivity index (χ4n) is 3.08. The van der Waals surface area contributed by atoms with Gasteiger partial charge in [-0.05, 0) is 61.9 Å². The van der Waals surface area contributed by atoms with Gasteiger partial charge in [-0.3, -0.25) is 0 Å². The Kier molecular flexibility index (Phi) is 3.47. The predicted octanol–water partition coefficient (Wildman–Crippen LogP) is 4.54. The van der Waals surface area contributed by atoms with Crippen LogP contribution in [0.5, 0.6) is 11.6 Å². The number of ether oxygens (including phenoxy) is 1. The van der Waals surface area contributed by atoms with Crippen molar-refractivity contribution in [3.63, 3.8) is 0 Å². The monoisotopic (exact) mass is 321 g/mol. The highest BCUT2D eigenvalue weighted by atomic mass is 32.1. The maximum atomic E-state index is 8.98. The summed E-state index contributed by atoms with van der Waals surface area (Å²) in [5.41, 5.74) is 2.92. The third kappa shape index (κ3) is 2.45. The number of benzene rings is 1. The number of fused-ring (bicyclic) bond motifs is 3. The van der Waals surface area contributed by atoms with Gasteiger partial charge in [0.2, 0.25) is 5.88 Å². The van der Waals surface area contributed by atoms with Crippen molar-refractivity contribution in [3.05, 3.63) is 46.1 Å². The quantitative estimate of drug-likeness (QED) is 0.695. The van der Waals surface area contributed by atoms with E-state index in [2.05, 4.69) is 16.0 Å². The lowest BCUT2D eigenvalue weighted by molar-refractivity contribution is 0.464. The van der Waals surface area contributed by atoms with E-state index in [0.717, 1.165) is 34.4 Å². The summed E-state index contributed by atoms with van der Waals surface area (Å²) < 4.78 is 6.09. The Morgan fingerprint density at radius 2 is 2.09 bits per heavy atom. The van der Waals surface area contributed by atoms with Crippen molar-refractivity contribution in [3.8, 4) is 17.7 Å². The summed E-state index contributed by atoms with van der Waals surface area (Å²) in [5, 5.41) is 10.0. The van der Waals surface area contributed by atoms with Gasteiger partial charge in [0.05, 0.1) is 17.0 Å². The zero-order chi connectivity index (χ0) is 15.8. The van der Waals surface area contributed by atoms with E-state index in [0.29, 0.717) is 11.4 Å². The fourth-order valence-corrected chi connectivity index (χ4v) is 4.30. The van der Waals surface area contributed by atoms with Gasteiger partial charge in [-0.15, -0.1) is 11.3 Å². The number of hydrogen-bond donors (Lipinski definition) is 0. The van der Waals surface area contributed by atoms with Gasteiger partial charge in [0.25, 0.3) is 0 Å². The lowest BCUT2D eigenvalue weighted by Crippen LogP contribution is -1.99. The average Bonchev–Trinajstić information content (AvgIpc) is 2.96. The van der Waals surface area contributed by atoms with E-state index in [9.17, 15) is 0 Å². The fraction of sp³-hybridized carbons (Fsp3) is 0.278. The minimum Gasteiger partial charge on any atom is -0.438 e. The molecule has 0 spiro atoms. The Balaban J connectivity index is 1.80. The van der Waals surface area contributed by atoms with Gasteiger partial charge in [0.1, 0.15) is 16.9 Å². The highest BCUT2D eigenvalue weighted by molar-refractivity contribution is 7.18. The van der Waals surface area contributed by atoms with Gasteiger partial charge in [0.15, 0.2) is 0 Å². The summed E-state index contributed by atoms with van der Waals surface area (Å²) in [6.07, 6.45) is 6.23. The van der Waals surface area contributed by atoms with Crippen LogP contribution in [0.25, 0.3) is 10.2 Å². The molecule has 0 saturated carbocycles. The third-order valence-electron chi connectivity index (χ3n) is 4.23. The van der Waals surface area contributed by atoms with E-state index in [4.69, 9.17) is 10.00 Å². The molecule has 2 aromatic heterocycles. The van der Waals surface area contributed by atoms with E-state index in [1.165, 1.54) is 23.3 Å². The topological polar surface area (TPSA) is 58.8 Å². The molecule has 3 aromatic rings. The zero-order valence-electron chi connectivity index (χ0n) is 12.8. The van der Waals surface area contributed by atoms with Crippen LogP contribution in [0.2, 0.25) is 0 Å². The van der Waals surface area contributed by atoms with Crippen LogP contribution in [0.4, 0.5) is 0 Å². The normalized spacial score (nSPS) is 13.6. The molecular formula is C18H15N3OS. The second-order valence-corrected chi connectivity index (χ2v) is 6.85. The molecule has 23 heavy (non-hydrogen) atoms. The lowest BCUT2D eigenvalue weighted by atomic mass is 9.97. The molecule has 0 bridgehead atoms. The van der Waals surface area contributed by atoms with E-state index < -0.39 is 0 Å². The summed E-state index contributed by atoms with van der Waals surface area (Å²) in [7, 11) is 0. The summed E-state index contributed by atoms with van der Waals surface area (Å²) in [5.74, 6) is 1.36. The van der Waals surface area contributed by atoms with E-state index >= 15 is 0 Å². The van der Waals surface area contributed by atoms with E-state index in [1.54, 1.807) is 23.7 Å². The summed E-state index contributed by atoms with van der Waals surface area (Å²) in [6.45, 7) is 1.94. The van der Waals surface area contributed by atoms with Crippen molar-refractivity contribution >= 4 is 21.6 Å². The maximum Gasteiger partial charge on any atom is 0.231 e. The van der Waals surface area contributed by atoms with Crippen LogP contribution >= 0.6 is 11.3 Å². The molecule has 0 unspecified atom stereocenters. The Bertz CT molecular complexity index is 939. The van der Waals surface area contributed by atoms with Crippen LogP contribution in [0.1, 0.15) is 34.4 Å². The summed E-state index contributed by atoms with van der Waals surface area (Å²) in [4.78, 5) is 11.2. The molecule has 0 N–H and O–H groups in total. The second kappa shape index (κ2) is 5.64. The Morgan fingerprint density at radius 1 is 1.22 bits per heavy atom. The Labute approximate surface area is 138 Å². The molecule has 0 amide bonds. The number of aromatic nitrogens is 2. The van der Waals surface area contributed by atoms with E-state index in [1.807, 2.05) is 19.1 Å². The molecule has 0 fully saturated rings. The second-order valence-electron chi connectivity index (χ2n) is 5.76. The highest BCUT2D eigenvalue weighted by Gasteiger charge is 2.21. The molecule has 114 valence electrons. The predicted molar refractivity (Wildman–Crippen MR) is 90.0 cm³/mol. The first-order valence-electron chi connectivity index (χ1n) is 7.70. The zero-order valence-corrected chi connectivity index (χ0v) is 13.6. The molecule has 1 aromatic carbocycles. The standard InChI is InChI=1S/C18H15N3OS/c1-11-8-12(9-19)6-7-14(11)22-17-16-13-4-2-3-5-15(13)23-18(16)21-10-20-17/h6-8,10H,2-5H2,1H3. The highest BCUT2D eigenvalue weighted by Crippen LogP contribution is 2.40. The number of hydrogen-bond acceptors (Lipinski definition) is 5. The number of nitrogens with zero attached hydrogens (tertiary/aromatic N) is 3. The Hall–Kier alpha value is -2.45. The van der Waals surface area contributed by atoms with Crippen LogP contribution in [-0.4, -0.2) is 9.97 Å². The number of aryl methyl sites for hydroxylation is 3. The molecule has 0 radical (unpaired) electrons. The van der Waals surface area contributed by atoms with Crippen molar-refractivity contribution in [1.82, 2.24) is 9.97 Å². The molecular weight excluding hydrogens is 306 g/mol. The number of rotatable bonds is 2. The van der Waals surface area contributed by atoms with Crippen LogP contribution in [0.15, 0.2) is 24.5 Å². The van der Waals surface area contributed by atoms with Crippen molar-refractivity contribution in [2.24, 2.45) is 0 Å². The third-order valence-corrected chi connectivity index (χ3v) is 5.43. The first kappa shape index (κ1) is 14.2. The SMILES string of the molecule is Cc1cc(C#N)ccc1Oc1ncnc2sc3c(c12)CCCC3. The van der Waals surface area contributed by atoms with Crippen LogP contribution in [0.3, 0.4) is 0 Å². The van der Waals surface area contributed by atoms with Gasteiger partial charge < -0.3 is 4.74 Å². The largest absolute Gasteiger partial charge is 0.438 e. The van der Waals surface area contributed by atoms with Crippen molar-refractivity contribution in [2.45, 2.75) is 32.6 Å². The van der Waals surface area contributed by atoms with Crippen molar-refractivity contribution in [1.29, 1.82) is 5.26 Å². The molecule has 4 nitrogen and oxygen atoms in total. The minimum absolute atomic E-state index is 0.627. The Morgan fingerprint density at radius 3 is 2.91 bits per heavy atom. The van der Waals surface area contributed by atoms with Gasteiger partial charge >= 0.3 is 0 Å². The first-order chi connectivity index (χ1) is 11.3. The maximum absolute atomic E-state index is 8.98. The smallest absolute Gasteiger partial charge is 0.231 e. The molecule has 1 aliphatic carbocycles. The van der Waals surface area contributed by atoms with E-state index in [-0.39, 0.29) is 0 Å². The van der Waals surface area contributed by atoms with Gasteiger partial charge in [-0.25, -0.2) is 9.97 Å². The molecule has 5 heteroatoms.